The van der Waals surface area contributed by atoms with Crippen LogP contribution in [0.4, 0.5) is 0 Å². The van der Waals surface area contributed by atoms with E-state index in [1.165, 1.54) is 0 Å². The monoisotopic (exact) mass is 252 g/mol. The highest BCUT2D eigenvalue weighted by molar-refractivity contribution is 5.34. The molecule has 1 N–H and O–H groups in total. The van der Waals surface area contributed by atoms with E-state index in [9.17, 15) is 5.11 Å². The first kappa shape index (κ1) is 15.1. The molecule has 1 rings (SSSR count). The van der Waals surface area contributed by atoms with Crippen molar-refractivity contribution in [3.8, 4) is 5.75 Å². The Kier molecular flexibility index (Phi) is 5.70. The van der Waals surface area contributed by atoms with Gasteiger partial charge in [-0.1, -0.05) is 41.0 Å². The molecule has 1 unspecified atom stereocenters. The van der Waals surface area contributed by atoms with Crippen molar-refractivity contribution >= 4 is 0 Å². The maximum absolute atomic E-state index is 10.4. The molecule has 0 aliphatic carbocycles. The zero-order chi connectivity index (χ0) is 13.7. The summed E-state index contributed by atoms with van der Waals surface area (Å²) in [4.78, 5) is 0. The second kappa shape index (κ2) is 6.81. The summed E-state index contributed by atoms with van der Waals surface area (Å²) in [5, 5.41) is 15.0. The van der Waals surface area contributed by atoms with E-state index < -0.39 is 0 Å². The van der Waals surface area contributed by atoms with Crippen molar-refractivity contribution in [2.75, 3.05) is 0 Å². The highest BCUT2D eigenvalue weighted by atomic mass is 16.3. The minimum absolute atomic E-state index is 0.332. The summed E-state index contributed by atoms with van der Waals surface area (Å²) < 4.78 is 2.02. The molecule has 0 aromatic carbocycles. The number of aromatic hydroxyl groups is 1. The SMILES string of the molecule is CCCCc1c(O)c(C(C)CC)nn1CC(C)C. The Morgan fingerprint density at radius 3 is 2.39 bits per heavy atom. The van der Waals surface area contributed by atoms with E-state index in [-0.39, 0.29) is 0 Å². The average molecular weight is 252 g/mol. The van der Waals surface area contributed by atoms with E-state index in [0.29, 0.717) is 17.6 Å². The Morgan fingerprint density at radius 1 is 1.22 bits per heavy atom. The fraction of sp³-hybridized carbons (Fsp3) is 0.800. The molecule has 18 heavy (non-hydrogen) atoms. The second-order valence-electron chi connectivity index (χ2n) is 5.67. The maximum Gasteiger partial charge on any atom is 0.160 e. The van der Waals surface area contributed by atoms with Gasteiger partial charge in [0.2, 0.25) is 0 Å². The molecule has 0 aliphatic heterocycles. The van der Waals surface area contributed by atoms with Gasteiger partial charge in [0, 0.05) is 12.5 Å². The summed E-state index contributed by atoms with van der Waals surface area (Å²) in [6, 6.07) is 0. The molecule has 0 aliphatic rings. The van der Waals surface area contributed by atoms with Crippen molar-refractivity contribution in [1.29, 1.82) is 0 Å². The molecule has 0 saturated carbocycles. The minimum atomic E-state index is 0.332. The fourth-order valence-corrected chi connectivity index (χ4v) is 2.12. The first-order valence-electron chi connectivity index (χ1n) is 7.29. The standard InChI is InChI=1S/C15H28N2O/c1-6-8-9-13-15(18)14(12(5)7-2)16-17(13)10-11(3)4/h11-12,18H,6-10H2,1-5H3. The molecule has 1 aromatic rings. The van der Waals surface area contributed by atoms with Crippen LogP contribution in [0.1, 0.15) is 71.2 Å². The molecule has 0 bridgehead atoms. The molecule has 3 heteroatoms. The number of rotatable bonds is 7. The first-order chi connectivity index (χ1) is 8.51. The molecule has 1 aromatic heterocycles. The Balaban J connectivity index is 3.05. The van der Waals surface area contributed by atoms with Crippen LogP contribution in [0.25, 0.3) is 0 Å². The summed E-state index contributed by atoms with van der Waals surface area (Å²) in [5.74, 6) is 1.33. The van der Waals surface area contributed by atoms with Gasteiger partial charge in [0.15, 0.2) is 5.75 Å². The van der Waals surface area contributed by atoms with E-state index in [0.717, 1.165) is 43.6 Å². The number of hydrogen-bond acceptors (Lipinski definition) is 2. The lowest BCUT2D eigenvalue weighted by atomic mass is 10.0. The van der Waals surface area contributed by atoms with Crippen molar-refractivity contribution in [2.45, 2.75) is 72.8 Å². The predicted molar refractivity (Wildman–Crippen MR) is 76.0 cm³/mol. The van der Waals surface area contributed by atoms with E-state index in [1.54, 1.807) is 0 Å². The molecular formula is C15H28N2O. The summed E-state index contributed by atoms with van der Waals surface area (Å²) >= 11 is 0. The maximum atomic E-state index is 10.4. The summed E-state index contributed by atoms with van der Waals surface area (Å²) in [5.41, 5.74) is 1.91. The van der Waals surface area contributed by atoms with Crippen molar-refractivity contribution in [3.05, 3.63) is 11.4 Å². The van der Waals surface area contributed by atoms with Crippen LogP contribution in [-0.4, -0.2) is 14.9 Å². The first-order valence-corrected chi connectivity index (χ1v) is 7.29. The highest BCUT2D eigenvalue weighted by Crippen LogP contribution is 2.31. The molecule has 1 atom stereocenters. The lowest BCUT2D eigenvalue weighted by Crippen LogP contribution is -2.10. The van der Waals surface area contributed by atoms with Crippen LogP contribution in [0.5, 0.6) is 5.75 Å². The third-order valence-corrected chi connectivity index (χ3v) is 3.44. The predicted octanol–water partition coefficient (Wildman–Crippen LogP) is 4.10. The molecule has 3 nitrogen and oxygen atoms in total. The van der Waals surface area contributed by atoms with E-state index in [1.807, 2.05) is 4.68 Å². The smallest absolute Gasteiger partial charge is 0.160 e. The second-order valence-corrected chi connectivity index (χ2v) is 5.67. The summed E-state index contributed by atoms with van der Waals surface area (Å²) in [6.07, 6.45) is 4.19. The van der Waals surface area contributed by atoms with Gasteiger partial charge in [-0.2, -0.15) is 5.10 Å². The minimum Gasteiger partial charge on any atom is -0.504 e. The van der Waals surface area contributed by atoms with Crippen LogP contribution in [-0.2, 0) is 13.0 Å². The van der Waals surface area contributed by atoms with Crippen molar-refractivity contribution < 1.29 is 5.11 Å². The van der Waals surface area contributed by atoms with Gasteiger partial charge in [-0.05, 0) is 25.2 Å². The highest BCUT2D eigenvalue weighted by Gasteiger charge is 2.20. The van der Waals surface area contributed by atoms with Gasteiger partial charge in [0.25, 0.3) is 0 Å². The molecule has 0 fully saturated rings. The number of nitrogens with zero attached hydrogens (tertiary/aromatic N) is 2. The van der Waals surface area contributed by atoms with Gasteiger partial charge >= 0.3 is 0 Å². The van der Waals surface area contributed by atoms with Crippen molar-refractivity contribution in [3.63, 3.8) is 0 Å². The Labute approximate surface area is 111 Å². The van der Waals surface area contributed by atoms with Gasteiger partial charge in [-0.3, -0.25) is 4.68 Å². The lowest BCUT2D eigenvalue weighted by molar-refractivity contribution is 0.440. The van der Waals surface area contributed by atoms with Crippen LogP contribution in [0.3, 0.4) is 0 Å². The molecule has 0 amide bonds. The molecule has 0 radical (unpaired) electrons. The van der Waals surface area contributed by atoms with Crippen molar-refractivity contribution in [1.82, 2.24) is 9.78 Å². The molecule has 1 heterocycles. The van der Waals surface area contributed by atoms with Crippen LogP contribution in [0, 0.1) is 5.92 Å². The van der Waals surface area contributed by atoms with Gasteiger partial charge in [-0.15, -0.1) is 0 Å². The van der Waals surface area contributed by atoms with Crippen LogP contribution in [0.15, 0.2) is 0 Å². The van der Waals surface area contributed by atoms with Gasteiger partial charge in [0.05, 0.1) is 5.69 Å². The van der Waals surface area contributed by atoms with E-state index in [2.05, 4.69) is 39.7 Å². The van der Waals surface area contributed by atoms with Crippen LogP contribution >= 0.6 is 0 Å². The third kappa shape index (κ3) is 3.50. The van der Waals surface area contributed by atoms with Gasteiger partial charge < -0.3 is 5.11 Å². The molecule has 104 valence electrons. The third-order valence-electron chi connectivity index (χ3n) is 3.44. The van der Waals surface area contributed by atoms with E-state index >= 15 is 0 Å². The Bertz CT molecular complexity index is 369. The Hall–Kier alpha value is -0.990. The zero-order valence-electron chi connectivity index (χ0n) is 12.5. The topological polar surface area (TPSA) is 38.1 Å². The number of hydrogen-bond donors (Lipinski definition) is 1. The van der Waals surface area contributed by atoms with Gasteiger partial charge in [-0.25, -0.2) is 0 Å². The number of unbranched alkanes of at least 4 members (excludes halogenated alkanes) is 1. The quantitative estimate of drug-likeness (QED) is 0.793. The molecular weight excluding hydrogens is 224 g/mol. The van der Waals surface area contributed by atoms with Crippen LogP contribution in [0.2, 0.25) is 0 Å². The van der Waals surface area contributed by atoms with Gasteiger partial charge in [0.1, 0.15) is 5.69 Å². The average Bonchev–Trinajstić information content (AvgIpc) is 2.62. The lowest BCUT2D eigenvalue weighted by Gasteiger charge is -2.09. The fourth-order valence-electron chi connectivity index (χ4n) is 2.12. The van der Waals surface area contributed by atoms with Crippen LogP contribution < -0.4 is 0 Å². The summed E-state index contributed by atoms with van der Waals surface area (Å²) in [7, 11) is 0. The largest absolute Gasteiger partial charge is 0.504 e. The molecule has 0 saturated heterocycles. The summed E-state index contributed by atoms with van der Waals surface area (Å²) in [6.45, 7) is 11.7. The Morgan fingerprint density at radius 2 is 1.89 bits per heavy atom. The zero-order valence-corrected chi connectivity index (χ0v) is 12.5. The number of aromatic nitrogens is 2. The van der Waals surface area contributed by atoms with Crippen molar-refractivity contribution in [2.24, 2.45) is 5.92 Å². The normalized spacial score (nSPS) is 13.2. The van der Waals surface area contributed by atoms with E-state index in [4.69, 9.17) is 0 Å². The molecule has 0 spiro atoms.